The Morgan fingerprint density at radius 1 is 1.08 bits per heavy atom. The molecule has 7 nitrogen and oxygen atoms in total. The molecule has 0 saturated carbocycles. The number of rotatable bonds is 7. The van der Waals surface area contributed by atoms with E-state index in [1.807, 2.05) is 20.8 Å². The van der Waals surface area contributed by atoms with Crippen LogP contribution in [0.4, 0.5) is 10.5 Å². The van der Waals surface area contributed by atoms with Crippen LogP contribution in [0.3, 0.4) is 0 Å². The molecular formula is C17H26N4O3. The molecule has 0 heterocycles. The maximum Gasteiger partial charge on any atom is 0.319 e. The summed E-state index contributed by atoms with van der Waals surface area (Å²) in [6.07, 6.45) is 0.817. The van der Waals surface area contributed by atoms with Crippen molar-refractivity contribution in [1.82, 2.24) is 16.0 Å². The average Bonchev–Trinajstić information content (AvgIpc) is 2.54. The highest BCUT2D eigenvalue weighted by Gasteiger charge is 2.17. The summed E-state index contributed by atoms with van der Waals surface area (Å²) in [7, 11) is 0. The summed E-state index contributed by atoms with van der Waals surface area (Å²) in [5, 5.41) is 10.7. The van der Waals surface area contributed by atoms with Crippen LogP contribution in [-0.4, -0.2) is 36.5 Å². The van der Waals surface area contributed by atoms with Crippen LogP contribution < -0.4 is 21.3 Å². The summed E-state index contributed by atoms with van der Waals surface area (Å²) in [4.78, 5) is 35.7. The monoisotopic (exact) mass is 334 g/mol. The standard InChI is InChI=1S/C17H26N4O3/c1-5-11(3)19-15(22)12(4)20-17(24)21-14-9-7-8-13(10-14)16(23)18-6-2/h7-12H,5-6H2,1-4H3,(H,18,23)(H,19,22)(H2,20,21,24)/t11-,12+/m0/s1. The van der Waals surface area contributed by atoms with Crippen molar-refractivity contribution in [3.8, 4) is 0 Å². The number of urea groups is 1. The molecule has 0 aromatic heterocycles. The van der Waals surface area contributed by atoms with Gasteiger partial charge in [0.25, 0.3) is 5.91 Å². The number of benzene rings is 1. The van der Waals surface area contributed by atoms with E-state index < -0.39 is 12.1 Å². The fourth-order valence-electron chi connectivity index (χ4n) is 1.90. The van der Waals surface area contributed by atoms with E-state index in [1.54, 1.807) is 31.2 Å². The van der Waals surface area contributed by atoms with Crippen LogP contribution in [0.2, 0.25) is 0 Å². The van der Waals surface area contributed by atoms with Gasteiger partial charge >= 0.3 is 6.03 Å². The van der Waals surface area contributed by atoms with Crippen LogP contribution in [0.5, 0.6) is 0 Å². The number of carbonyl (C=O) groups is 3. The SMILES string of the molecule is CCNC(=O)c1cccc(NC(=O)N[C@H](C)C(=O)N[C@@H](C)CC)c1. The van der Waals surface area contributed by atoms with E-state index in [0.29, 0.717) is 17.8 Å². The smallest absolute Gasteiger partial charge is 0.319 e. The minimum Gasteiger partial charge on any atom is -0.352 e. The third-order valence-corrected chi connectivity index (χ3v) is 3.46. The van der Waals surface area contributed by atoms with E-state index in [1.165, 1.54) is 0 Å². The van der Waals surface area contributed by atoms with Gasteiger partial charge < -0.3 is 21.3 Å². The van der Waals surface area contributed by atoms with Gasteiger partial charge in [0, 0.05) is 23.8 Å². The summed E-state index contributed by atoms with van der Waals surface area (Å²) in [5.41, 5.74) is 0.933. The Labute approximate surface area is 142 Å². The summed E-state index contributed by atoms with van der Waals surface area (Å²) < 4.78 is 0. The molecule has 0 unspecified atom stereocenters. The van der Waals surface area contributed by atoms with Gasteiger partial charge in [-0.25, -0.2) is 4.79 Å². The zero-order valence-electron chi connectivity index (χ0n) is 14.6. The van der Waals surface area contributed by atoms with Crippen molar-refractivity contribution < 1.29 is 14.4 Å². The molecule has 4 N–H and O–H groups in total. The van der Waals surface area contributed by atoms with Gasteiger partial charge in [-0.3, -0.25) is 9.59 Å². The highest BCUT2D eigenvalue weighted by molar-refractivity contribution is 5.97. The molecular weight excluding hydrogens is 308 g/mol. The molecule has 1 rings (SSSR count). The molecule has 0 spiro atoms. The Hall–Kier alpha value is -2.57. The molecule has 0 aliphatic rings. The van der Waals surface area contributed by atoms with Gasteiger partial charge in [0.1, 0.15) is 6.04 Å². The summed E-state index contributed by atoms with van der Waals surface area (Å²) in [6, 6.07) is 5.48. The molecule has 0 saturated heterocycles. The van der Waals surface area contributed by atoms with Crippen molar-refractivity contribution in [2.45, 2.75) is 46.2 Å². The van der Waals surface area contributed by atoms with Gasteiger partial charge in [-0.15, -0.1) is 0 Å². The van der Waals surface area contributed by atoms with E-state index in [2.05, 4.69) is 21.3 Å². The Morgan fingerprint density at radius 3 is 2.42 bits per heavy atom. The molecule has 1 aromatic rings. The Kier molecular flexibility index (Phi) is 7.74. The van der Waals surface area contributed by atoms with E-state index in [4.69, 9.17) is 0 Å². The predicted octanol–water partition coefficient (Wildman–Crippen LogP) is 1.86. The molecule has 24 heavy (non-hydrogen) atoms. The van der Waals surface area contributed by atoms with Gasteiger partial charge in [0.2, 0.25) is 5.91 Å². The zero-order chi connectivity index (χ0) is 18.1. The lowest BCUT2D eigenvalue weighted by Gasteiger charge is -2.17. The first kappa shape index (κ1) is 19.5. The van der Waals surface area contributed by atoms with Crippen molar-refractivity contribution in [1.29, 1.82) is 0 Å². The van der Waals surface area contributed by atoms with E-state index >= 15 is 0 Å². The van der Waals surface area contributed by atoms with Crippen molar-refractivity contribution in [3.63, 3.8) is 0 Å². The van der Waals surface area contributed by atoms with E-state index in [0.717, 1.165) is 6.42 Å². The first-order valence-electron chi connectivity index (χ1n) is 8.13. The predicted molar refractivity (Wildman–Crippen MR) is 94.0 cm³/mol. The highest BCUT2D eigenvalue weighted by Crippen LogP contribution is 2.10. The number of carbonyl (C=O) groups excluding carboxylic acids is 3. The van der Waals surface area contributed by atoms with Crippen LogP contribution >= 0.6 is 0 Å². The van der Waals surface area contributed by atoms with Crippen LogP contribution in [0.15, 0.2) is 24.3 Å². The van der Waals surface area contributed by atoms with Crippen molar-refractivity contribution in [2.75, 3.05) is 11.9 Å². The number of amides is 4. The Balaban J connectivity index is 2.60. The first-order valence-corrected chi connectivity index (χ1v) is 8.13. The third kappa shape index (κ3) is 6.28. The third-order valence-electron chi connectivity index (χ3n) is 3.46. The zero-order valence-corrected chi connectivity index (χ0v) is 14.6. The van der Waals surface area contributed by atoms with Crippen molar-refractivity contribution >= 4 is 23.5 Å². The fourth-order valence-corrected chi connectivity index (χ4v) is 1.90. The van der Waals surface area contributed by atoms with Crippen LogP contribution in [0.1, 0.15) is 44.5 Å². The number of anilines is 1. The summed E-state index contributed by atoms with van der Waals surface area (Å²) in [6.45, 7) is 7.84. The molecule has 0 radical (unpaired) electrons. The van der Waals surface area contributed by atoms with E-state index in [-0.39, 0.29) is 17.9 Å². The normalized spacial score (nSPS) is 12.7. The molecule has 4 amide bonds. The average molecular weight is 334 g/mol. The molecule has 1 aromatic carbocycles. The lowest BCUT2D eigenvalue weighted by molar-refractivity contribution is -0.123. The number of hydrogen-bond acceptors (Lipinski definition) is 3. The Morgan fingerprint density at radius 2 is 1.79 bits per heavy atom. The maximum absolute atomic E-state index is 12.0. The summed E-state index contributed by atoms with van der Waals surface area (Å²) in [5.74, 6) is -0.446. The minimum atomic E-state index is -0.662. The minimum absolute atomic E-state index is 0.0542. The van der Waals surface area contributed by atoms with E-state index in [9.17, 15) is 14.4 Å². The Bertz CT molecular complexity index is 589. The lowest BCUT2D eigenvalue weighted by atomic mass is 10.2. The number of nitrogens with one attached hydrogen (secondary N) is 4. The maximum atomic E-state index is 12.0. The van der Waals surface area contributed by atoms with Gasteiger partial charge in [0.05, 0.1) is 0 Å². The van der Waals surface area contributed by atoms with Gasteiger partial charge in [0.15, 0.2) is 0 Å². The first-order chi connectivity index (χ1) is 11.4. The fraction of sp³-hybridized carbons (Fsp3) is 0.471. The van der Waals surface area contributed by atoms with Crippen LogP contribution in [0, 0.1) is 0 Å². The topological polar surface area (TPSA) is 99.3 Å². The molecule has 2 atom stereocenters. The second kappa shape index (κ2) is 9.54. The van der Waals surface area contributed by atoms with Gasteiger partial charge in [-0.1, -0.05) is 13.0 Å². The molecule has 7 heteroatoms. The molecule has 132 valence electrons. The van der Waals surface area contributed by atoms with Gasteiger partial charge in [-0.05, 0) is 45.4 Å². The number of hydrogen-bond donors (Lipinski definition) is 4. The van der Waals surface area contributed by atoms with Crippen LogP contribution in [0.25, 0.3) is 0 Å². The quantitative estimate of drug-likeness (QED) is 0.612. The molecule has 0 aliphatic heterocycles. The largest absolute Gasteiger partial charge is 0.352 e. The second-order valence-corrected chi connectivity index (χ2v) is 5.58. The van der Waals surface area contributed by atoms with Crippen LogP contribution in [-0.2, 0) is 4.79 Å². The second-order valence-electron chi connectivity index (χ2n) is 5.58. The highest BCUT2D eigenvalue weighted by atomic mass is 16.2. The lowest BCUT2D eigenvalue weighted by Crippen LogP contribution is -2.48. The van der Waals surface area contributed by atoms with Crippen molar-refractivity contribution in [3.05, 3.63) is 29.8 Å². The molecule has 0 fully saturated rings. The molecule has 0 bridgehead atoms. The molecule has 0 aliphatic carbocycles. The summed E-state index contributed by atoms with van der Waals surface area (Å²) >= 11 is 0. The van der Waals surface area contributed by atoms with Gasteiger partial charge in [-0.2, -0.15) is 0 Å². The van der Waals surface area contributed by atoms with Crippen molar-refractivity contribution in [2.24, 2.45) is 0 Å².